The van der Waals surface area contributed by atoms with E-state index in [0.29, 0.717) is 11.9 Å². The van der Waals surface area contributed by atoms with Crippen LogP contribution in [0.15, 0.2) is 35.8 Å². The molecule has 0 saturated carbocycles. The van der Waals surface area contributed by atoms with Crippen molar-refractivity contribution in [1.82, 2.24) is 0 Å². The zero-order valence-corrected chi connectivity index (χ0v) is 16.7. The molecular weight excluding hydrogens is 288 g/mol. The van der Waals surface area contributed by atoms with Gasteiger partial charge in [0.05, 0.1) is 0 Å². The third-order valence-corrected chi connectivity index (χ3v) is 9.41. The molecule has 0 aromatic heterocycles. The first kappa shape index (κ1) is 19.1. The fourth-order valence-corrected chi connectivity index (χ4v) is 3.21. The van der Waals surface area contributed by atoms with Crippen molar-refractivity contribution in [1.29, 1.82) is 0 Å². The molecule has 0 saturated heterocycles. The van der Waals surface area contributed by atoms with Crippen LogP contribution >= 0.6 is 0 Å². The van der Waals surface area contributed by atoms with Crippen LogP contribution in [0.25, 0.3) is 0 Å². The molecule has 0 heterocycles. The Morgan fingerprint density at radius 2 is 1.95 bits per heavy atom. The van der Waals surface area contributed by atoms with Gasteiger partial charge in [-0.2, -0.15) is 0 Å². The Labute approximate surface area is 138 Å². The molecular formula is C19H34O2Si. The van der Waals surface area contributed by atoms with Crippen LogP contribution in [0.4, 0.5) is 0 Å². The second kappa shape index (κ2) is 7.07. The van der Waals surface area contributed by atoms with Crippen molar-refractivity contribution < 1.29 is 9.16 Å². The summed E-state index contributed by atoms with van der Waals surface area (Å²) < 4.78 is 12.6. The number of hydrogen-bond donors (Lipinski definition) is 0. The van der Waals surface area contributed by atoms with E-state index in [1.807, 2.05) is 13.0 Å². The number of allylic oxidation sites excluding steroid dienone is 3. The van der Waals surface area contributed by atoms with Gasteiger partial charge in [-0.1, -0.05) is 39.0 Å². The fourth-order valence-electron chi connectivity index (χ4n) is 2.24. The Morgan fingerprint density at radius 3 is 2.41 bits per heavy atom. The van der Waals surface area contributed by atoms with Crippen LogP contribution in [0.1, 0.15) is 54.4 Å². The van der Waals surface area contributed by atoms with Gasteiger partial charge in [-0.25, -0.2) is 0 Å². The van der Waals surface area contributed by atoms with Crippen molar-refractivity contribution in [3.63, 3.8) is 0 Å². The third kappa shape index (κ3) is 4.77. The van der Waals surface area contributed by atoms with Gasteiger partial charge in [-0.15, -0.1) is 0 Å². The molecule has 2 atom stereocenters. The number of hydrogen-bond acceptors (Lipinski definition) is 2. The molecule has 1 aliphatic rings. The van der Waals surface area contributed by atoms with Crippen molar-refractivity contribution in [2.75, 3.05) is 0 Å². The Kier molecular flexibility index (Phi) is 6.14. The normalized spacial score (nSPS) is 23.8. The summed E-state index contributed by atoms with van der Waals surface area (Å²) in [6.45, 7) is 21.6. The lowest BCUT2D eigenvalue weighted by atomic mass is 9.84. The first-order valence-corrected chi connectivity index (χ1v) is 11.2. The summed E-state index contributed by atoms with van der Waals surface area (Å²) in [5, 5.41) is 0.169. The average molecular weight is 323 g/mol. The second-order valence-corrected chi connectivity index (χ2v) is 12.8. The van der Waals surface area contributed by atoms with E-state index < -0.39 is 8.32 Å². The van der Waals surface area contributed by atoms with Gasteiger partial charge in [-0.3, -0.25) is 0 Å². The summed E-state index contributed by atoms with van der Waals surface area (Å²) in [6.07, 6.45) is 6.42. The van der Waals surface area contributed by atoms with Gasteiger partial charge >= 0.3 is 0 Å². The molecule has 0 spiro atoms. The largest absolute Gasteiger partial charge is 0.519 e. The Balaban J connectivity index is 2.81. The lowest BCUT2D eigenvalue weighted by Gasteiger charge is -2.38. The lowest BCUT2D eigenvalue weighted by molar-refractivity contribution is 0.0416. The minimum absolute atomic E-state index is 0.103. The first-order chi connectivity index (χ1) is 9.98. The second-order valence-electron chi connectivity index (χ2n) is 8.04. The maximum absolute atomic E-state index is 6.33. The summed E-state index contributed by atoms with van der Waals surface area (Å²) in [5.41, 5.74) is 2.54. The molecule has 0 amide bonds. The van der Waals surface area contributed by atoms with E-state index in [1.54, 1.807) is 0 Å². The van der Waals surface area contributed by atoms with Crippen LogP contribution in [0.3, 0.4) is 0 Å². The summed E-state index contributed by atoms with van der Waals surface area (Å²) in [7, 11) is -1.86. The maximum atomic E-state index is 6.33. The van der Waals surface area contributed by atoms with E-state index in [9.17, 15) is 0 Å². The van der Waals surface area contributed by atoms with Crippen molar-refractivity contribution in [3.05, 3.63) is 35.8 Å². The topological polar surface area (TPSA) is 18.5 Å². The van der Waals surface area contributed by atoms with Gasteiger partial charge < -0.3 is 9.16 Å². The predicted octanol–water partition coefficient (Wildman–Crippen LogP) is 6.19. The SMILES string of the molecule is C=C(C)[C@@H]1CC=C(C)[C@@H](O/C(=C\C)O[Si](C)(C)C(C)(C)C)C1. The van der Waals surface area contributed by atoms with Crippen molar-refractivity contribution in [2.24, 2.45) is 5.92 Å². The number of ether oxygens (including phenoxy) is 1. The molecule has 22 heavy (non-hydrogen) atoms. The van der Waals surface area contributed by atoms with Crippen LogP contribution in [0, 0.1) is 5.92 Å². The molecule has 1 aliphatic carbocycles. The minimum Gasteiger partial charge on any atom is -0.519 e. The Morgan fingerprint density at radius 1 is 1.36 bits per heavy atom. The predicted molar refractivity (Wildman–Crippen MR) is 98.2 cm³/mol. The van der Waals surface area contributed by atoms with Crippen LogP contribution in [-0.4, -0.2) is 14.4 Å². The lowest BCUT2D eigenvalue weighted by Crippen LogP contribution is -2.41. The molecule has 0 radical (unpaired) electrons. The van der Waals surface area contributed by atoms with Crippen LogP contribution < -0.4 is 0 Å². The molecule has 0 N–H and O–H groups in total. The molecule has 0 aromatic carbocycles. The van der Waals surface area contributed by atoms with E-state index in [1.165, 1.54) is 11.1 Å². The van der Waals surface area contributed by atoms with Crippen LogP contribution in [0.5, 0.6) is 0 Å². The van der Waals surface area contributed by atoms with E-state index >= 15 is 0 Å². The van der Waals surface area contributed by atoms with E-state index in [-0.39, 0.29) is 11.1 Å². The monoisotopic (exact) mass is 322 g/mol. The summed E-state index contributed by atoms with van der Waals surface area (Å²) in [4.78, 5) is 0. The molecule has 2 nitrogen and oxygen atoms in total. The summed E-state index contributed by atoms with van der Waals surface area (Å²) in [5.74, 6) is 1.20. The highest BCUT2D eigenvalue weighted by atomic mass is 28.4. The van der Waals surface area contributed by atoms with Gasteiger partial charge in [0, 0.05) is 0 Å². The minimum atomic E-state index is -1.86. The zero-order chi connectivity index (χ0) is 17.1. The van der Waals surface area contributed by atoms with Gasteiger partial charge in [0.25, 0.3) is 14.3 Å². The fraction of sp³-hybridized carbons (Fsp3) is 0.684. The molecule has 126 valence electrons. The highest BCUT2D eigenvalue weighted by Gasteiger charge is 2.40. The standard InChI is InChI=1S/C19H34O2Si/c1-10-18(21-22(8,9)19(5,6)7)20-17-13-16(14(2)3)12-11-15(17)4/h10-11,16-17H,2,12-13H2,1,3-9H3/b18-10+/t16-,17+/m1/s1. The molecule has 0 bridgehead atoms. The van der Waals surface area contributed by atoms with Crippen molar-refractivity contribution in [3.8, 4) is 0 Å². The van der Waals surface area contributed by atoms with E-state index in [0.717, 1.165) is 12.8 Å². The Bertz CT molecular complexity index is 466. The molecule has 0 fully saturated rings. The highest BCUT2D eigenvalue weighted by Crippen LogP contribution is 2.39. The van der Waals surface area contributed by atoms with Gasteiger partial charge in [0.15, 0.2) is 0 Å². The van der Waals surface area contributed by atoms with Crippen LogP contribution in [0.2, 0.25) is 18.1 Å². The molecule has 3 heteroatoms. The highest BCUT2D eigenvalue weighted by molar-refractivity contribution is 6.74. The average Bonchev–Trinajstić information content (AvgIpc) is 2.38. The first-order valence-electron chi connectivity index (χ1n) is 8.32. The van der Waals surface area contributed by atoms with Crippen molar-refractivity contribution in [2.45, 2.75) is 78.6 Å². The molecule has 0 unspecified atom stereocenters. The van der Waals surface area contributed by atoms with E-state index in [4.69, 9.17) is 9.16 Å². The Hall–Kier alpha value is -0.963. The summed E-state index contributed by atoms with van der Waals surface area (Å²) >= 11 is 0. The molecule has 0 aliphatic heterocycles. The molecule has 0 aromatic rings. The number of rotatable bonds is 5. The maximum Gasteiger partial charge on any atom is 0.261 e. The van der Waals surface area contributed by atoms with Crippen molar-refractivity contribution >= 4 is 8.32 Å². The van der Waals surface area contributed by atoms with Gasteiger partial charge in [0.1, 0.15) is 6.10 Å². The smallest absolute Gasteiger partial charge is 0.261 e. The van der Waals surface area contributed by atoms with Crippen LogP contribution in [-0.2, 0) is 9.16 Å². The van der Waals surface area contributed by atoms with E-state index in [2.05, 4.69) is 60.4 Å². The van der Waals surface area contributed by atoms with Gasteiger partial charge in [-0.05, 0) is 69.3 Å². The van der Waals surface area contributed by atoms with Gasteiger partial charge in [0.2, 0.25) is 0 Å². The summed E-state index contributed by atoms with van der Waals surface area (Å²) in [6, 6.07) is 0. The molecule has 1 rings (SSSR count). The third-order valence-electron chi connectivity index (χ3n) is 5.08. The zero-order valence-electron chi connectivity index (χ0n) is 15.7. The quantitative estimate of drug-likeness (QED) is 0.341.